The van der Waals surface area contributed by atoms with Gasteiger partial charge in [-0.1, -0.05) is 0 Å². The summed E-state index contributed by atoms with van der Waals surface area (Å²) in [4.78, 5) is 3.05. The molecule has 0 spiro atoms. The van der Waals surface area contributed by atoms with Crippen molar-refractivity contribution in [2.24, 2.45) is 0 Å². The van der Waals surface area contributed by atoms with Gasteiger partial charge in [0, 0.05) is 29.6 Å². The van der Waals surface area contributed by atoms with E-state index in [0.717, 1.165) is 10.6 Å². The Morgan fingerprint density at radius 2 is 2.00 bits per heavy atom. The predicted molar refractivity (Wildman–Crippen MR) is 79.3 cm³/mol. The first-order valence-electron chi connectivity index (χ1n) is 7.55. The molecule has 3 nitrogen and oxygen atoms in total. The quantitative estimate of drug-likeness (QED) is 0.601. The van der Waals surface area contributed by atoms with E-state index in [9.17, 15) is 31.4 Å². The highest BCUT2D eigenvalue weighted by Crippen LogP contribution is 2.48. The van der Waals surface area contributed by atoms with Crippen LogP contribution in [0.1, 0.15) is 34.9 Å². The van der Waals surface area contributed by atoms with Gasteiger partial charge >= 0.3 is 6.18 Å². The number of alkyl halides is 5. The molecular weight excluding hydrogens is 362 g/mol. The number of fused-ring (bicyclic) bond motifs is 1. The van der Waals surface area contributed by atoms with E-state index in [1.54, 1.807) is 0 Å². The first-order valence-corrected chi connectivity index (χ1v) is 7.55. The van der Waals surface area contributed by atoms with Crippen LogP contribution in [0.2, 0.25) is 0 Å². The van der Waals surface area contributed by atoms with Gasteiger partial charge in [0.05, 0.1) is 11.1 Å². The first-order chi connectivity index (χ1) is 12.1. The SMILES string of the molecule is [C-]#[N+]Cc1cc(-n2cc(C(F)(F)F)c3c2CCC(F)(F)[C@H]3O)ccc1F. The summed E-state index contributed by atoms with van der Waals surface area (Å²) in [6.45, 7) is 6.50. The normalized spacial score (nSPS) is 19.1. The van der Waals surface area contributed by atoms with Gasteiger partial charge in [0.15, 0.2) is 0 Å². The van der Waals surface area contributed by atoms with Crippen LogP contribution in [-0.2, 0) is 19.1 Å². The van der Waals surface area contributed by atoms with E-state index >= 15 is 0 Å². The maximum atomic E-state index is 13.8. The fourth-order valence-electron chi connectivity index (χ4n) is 3.13. The first kappa shape index (κ1) is 18.3. The van der Waals surface area contributed by atoms with Crippen molar-refractivity contribution < 1.29 is 31.4 Å². The van der Waals surface area contributed by atoms with Gasteiger partial charge in [-0.15, -0.1) is 0 Å². The Labute approximate surface area is 144 Å². The van der Waals surface area contributed by atoms with Crippen molar-refractivity contribution in [3.8, 4) is 5.69 Å². The van der Waals surface area contributed by atoms with E-state index in [1.165, 1.54) is 12.1 Å². The maximum absolute atomic E-state index is 13.8. The molecule has 1 aliphatic rings. The van der Waals surface area contributed by atoms with Crippen LogP contribution in [0.4, 0.5) is 26.3 Å². The van der Waals surface area contributed by atoms with Crippen LogP contribution >= 0.6 is 0 Å². The Kier molecular flexibility index (Phi) is 4.27. The average molecular weight is 374 g/mol. The minimum Gasteiger partial charge on any atom is -0.382 e. The van der Waals surface area contributed by atoms with E-state index in [1.807, 2.05) is 0 Å². The summed E-state index contributed by atoms with van der Waals surface area (Å²) in [6.07, 6.45) is -8.08. The third-order valence-corrected chi connectivity index (χ3v) is 4.38. The maximum Gasteiger partial charge on any atom is 0.418 e. The average Bonchev–Trinajstić information content (AvgIpc) is 2.94. The molecule has 1 N–H and O–H groups in total. The third kappa shape index (κ3) is 2.94. The second kappa shape index (κ2) is 6.06. The van der Waals surface area contributed by atoms with E-state index in [0.29, 0.717) is 6.20 Å². The minimum atomic E-state index is -4.94. The lowest BCUT2D eigenvalue weighted by Crippen LogP contribution is -2.33. The van der Waals surface area contributed by atoms with E-state index in [4.69, 9.17) is 6.57 Å². The molecule has 0 unspecified atom stereocenters. The van der Waals surface area contributed by atoms with Crippen molar-refractivity contribution in [2.45, 2.75) is 37.6 Å². The highest BCUT2D eigenvalue weighted by atomic mass is 19.4. The second-order valence-electron chi connectivity index (χ2n) is 6.03. The zero-order chi connectivity index (χ0) is 19.3. The fourth-order valence-corrected chi connectivity index (χ4v) is 3.13. The van der Waals surface area contributed by atoms with Crippen LogP contribution in [0.25, 0.3) is 10.5 Å². The number of aliphatic hydroxyl groups is 1. The Bertz CT molecular complexity index is 894. The van der Waals surface area contributed by atoms with E-state index in [2.05, 4.69) is 4.85 Å². The number of halogens is 6. The summed E-state index contributed by atoms with van der Waals surface area (Å²) in [5.41, 5.74) is -2.22. The van der Waals surface area contributed by atoms with Crippen LogP contribution in [0.3, 0.4) is 0 Å². The molecule has 0 saturated heterocycles. The van der Waals surface area contributed by atoms with Gasteiger partial charge in [0.2, 0.25) is 6.54 Å². The highest BCUT2D eigenvalue weighted by molar-refractivity contribution is 5.47. The lowest BCUT2D eigenvalue weighted by atomic mass is 9.89. The Balaban J connectivity index is 2.22. The molecule has 3 rings (SSSR count). The monoisotopic (exact) mass is 374 g/mol. The van der Waals surface area contributed by atoms with Crippen LogP contribution in [-0.4, -0.2) is 15.6 Å². The number of aliphatic hydroxyl groups excluding tert-OH is 1. The molecular formula is C17H12F6N2O. The number of aromatic nitrogens is 1. The zero-order valence-corrected chi connectivity index (χ0v) is 13.1. The van der Waals surface area contributed by atoms with Crippen molar-refractivity contribution in [1.29, 1.82) is 0 Å². The van der Waals surface area contributed by atoms with Crippen LogP contribution in [0.15, 0.2) is 24.4 Å². The number of nitrogens with zero attached hydrogens (tertiary/aromatic N) is 2. The molecule has 0 aliphatic heterocycles. The van der Waals surface area contributed by atoms with Gasteiger partial charge in [-0.25, -0.2) is 19.7 Å². The molecule has 26 heavy (non-hydrogen) atoms. The van der Waals surface area contributed by atoms with Crippen molar-refractivity contribution in [2.75, 3.05) is 0 Å². The van der Waals surface area contributed by atoms with Crippen LogP contribution in [0, 0.1) is 12.4 Å². The summed E-state index contributed by atoms with van der Waals surface area (Å²) >= 11 is 0. The van der Waals surface area contributed by atoms with Gasteiger partial charge < -0.3 is 14.5 Å². The van der Waals surface area contributed by atoms with E-state index in [-0.39, 0.29) is 29.9 Å². The third-order valence-electron chi connectivity index (χ3n) is 4.38. The second-order valence-corrected chi connectivity index (χ2v) is 6.03. The Hall–Kier alpha value is -2.47. The standard InChI is InChI=1S/C17H12F6N2O/c1-24-7-9-6-10(2-3-12(9)18)25-8-11(17(21,22)23)14-13(25)4-5-16(19,20)15(14)26/h2-3,6,8,15,26H,4-5,7H2/t15-/m0/s1. The van der Waals surface area contributed by atoms with Gasteiger partial charge in [-0.05, 0) is 24.6 Å². The number of rotatable bonds is 2. The lowest BCUT2D eigenvalue weighted by molar-refractivity contribution is -0.147. The molecule has 1 aliphatic carbocycles. The topological polar surface area (TPSA) is 29.5 Å². The summed E-state index contributed by atoms with van der Waals surface area (Å²) in [5.74, 6) is -4.36. The largest absolute Gasteiger partial charge is 0.418 e. The van der Waals surface area contributed by atoms with Crippen LogP contribution < -0.4 is 0 Å². The smallest absolute Gasteiger partial charge is 0.382 e. The van der Waals surface area contributed by atoms with Crippen molar-refractivity contribution in [3.05, 3.63) is 64.0 Å². The summed E-state index contributed by atoms with van der Waals surface area (Å²) in [7, 11) is 0. The van der Waals surface area contributed by atoms with Gasteiger partial charge in [-0.2, -0.15) is 13.2 Å². The highest BCUT2D eigenvalue weighted by Gasteiger charge is 2.50. The lowest BCUT2D eigenvalue weighted by Gasteiger charge is -2.29. The number of benzene rings is 1. The van der Waals surface area contributed by atoms with Gasteiger partial charge in [-0.3, -0.25) is 0 Å². The minimum absolute atomic E-state index is 0.0183. The van der Waals surface area contributed by atoms with Gasteiger partial charge in [0.1, 0.15) is 11.9 Å². The molecule has 138 valence electrons. The molecule has 1 aromatic heterocycles. The number of hydrogen-bond acceptors (Lipinski definition) is 1. The summed E-state index contributed by atoms with van der Waals surface area (Å²) < 4.78 is 82.2. The molecule has 0 bridgehead atoms. The van der Waals surface area contributed by atoms with Crippen molar-refractivity contribution >= 4 is 0 Å². The molecule has 1 atom stereocenters. The van der Waals surface area contributed by atoms with E-state index < -0.39 is 41.6 Å². The Morgan fingerprint density at radius 1 is 1.31 bits per heavy atom. The van der Waals surface area contributed by atoms with Crippen molar-refractivity contribution in [1.82, 2.24) is 4.57 Å². The van der Waals surface area contributed by atoms with Crippen LogP contribution in [0.5, 0.6) is 0 Å². The molecule has 2 aromatic rings. The zero-order valence-electron chi connectivity index (χ0n) is 13.1. The predicted octanol–water partition coefficient (Wildman–Crippen LogP) is 4.67. The molecule has 0 radical (unpaired) electrons. The molecule has 0 fully saturated rings. The summed E-state index contributed by atoms with van der Waals surface area (Å²) in [6, 6.07) is 3.40. The molecule has 9 heteroatoms. The summed E-state index contributed by atoms with van der Waals surface area (Å²) in [5, 5.41) is 9.81. The molecule has 0 amide bonds. The molecule has 1 aromatic carbocycles. The van der Waals surface area contributed by atoms with Gasteiger partial charge in [0.25, 0.3) is 5.92 Å². The fraction of sp³-hybridized carbons (Fsp3) is 0.353. The Morgan fingerprint density at radius 3 is 2.62 bits per heavy atom. The number of hydrogen-bond donors (Lipinski definition) is 1. The van der Waals surface area contributed by atoms with Crippen molar-refractivity contribution in [3.63, 3.8) is 0 Å². The molecule has 0 saturated carbocycles. The molecule has 1 heterocycles.